The molecule has 0 atom stereocenters. The molecule has 0 N–H and O–H groups in total. The largest absolute Gasteiger partial charge is 0.309 e. The SMILES string of the molecule is C[Si](C)(C)c1ccc2c(c1)c1c(ccc3c4ccccc4n(-c4cccc(-c5c(-c6ccccc6)sc6ccccc56)c4)c31)n2-c1ccccc1. The van der Waals surface area contributed by atoms with Crippen LogP contribution in [-0.2, 0) is 0 Å². The van der Waals surface area contributed by atoms with E-state index in [4.69, 9.17) is 0 Å². The molecule has 0 bridgehead atoms. The van der Waals surface area contributed by atoms with Crippen LogP contribution in [0.4, 0.5) is 0 Å². The van der Waals surface area contributed by atoms with Crippen molar-refractivity contribution < 1.29 is 0 Å². The molecule has 0 saturated heterocycles. The zero-order valence-corrected chi connectivity index (χ0v) is 30.7. The normalized spacial score (nSPS) is 12.2. The molecule has 0 aliphatic rings. The van der Waals surface area contributed by atoms with E-state index in [-0.39, 0.29) is 0 Å². The van der Waals surface area contributed by atoms with Gasteiger partial charge in [-0.25, -0.2) is 0 Å². The molecule has 0 aliphatic carbocycles. The fraction of sp³-hybridized carbons (Fsp3) is 0.0638. The molecule has 0 spiro atoms. The number of hydrogen-bond donors (Lipinski definition) is 0. The van der Waals surface area contributed by atoms with Gasteiger partial charge in [-0.15, -0.1) is 11.3 Å². The van der Waals surface area contributed by atoms with E-state index in [2.05, 4.69) is 193 Å². The predicted molar refractivity (Wildman–Crippen MR) is 224 cm³/mol. The van der Waals surface area contributed by atoms with Crippen LogP contribution in [0.15, 0.2) is 164 Å². The van der Waals surface area contributed by atoms with Crippen molar-refractivity contribution in [3.63, 3.8) is 0 Å². The minimum atomic E-state index is -1.59. The van der Waals surface area contributed by atoms with Gasteiger partial charge in [0.05, 0.1) is 30.1 Å². The molecule has 10 rings (SSSR count). The summed E-state index contributed by atoms with van der Waals surface area (Å²) in [4.78, 5) is 1.31. The van der Waals surface area contributed by atoms with Crippen LogP contribution in [0.2, 0.25) is 19.6 Å². The zero-order chi connectivity index (χ0) is 34.3. The van der Waals surface area contributed by atoms with Crippen molar-refractivity contribution >= 4 is 78.3 Å². The molecule has 0 radical (unpaired) electrons. The number of hydrogen-bond acceptors (Lipinski definition) is 1. The van der Waals surface area contributed by atoms with Crippen molar-refractivity contribution in [3.05, 3.63) is 164 Å². The molecular weight excluding hydrogens is 653 g/mol. The number of para-hydroxylation sites is 2. The second-order valence-corrected chi connectivity index (χ2v) is 20.7. The zero-order valence-electron chi connectivity index (χ0n) is 28.9. The Kier molecular flexibility index (Phi) is 6.76. The molecule has 244 valence electrons. The summed E-state index contributed by atoms with van der Waals surface area (Å²) >= 11 is 1.88. The fourth-order valence-electron chi connectivity index (χ4n) is 8.08. The van der Waals surface area contributed by atoms with E-state index in [0.29, 0.717) is 0 Å². The molecular formula is C47H36N2SSi. The van der Waals surface area contributed by atoms with E-state index in [1.807, 2.05) is 11.3 Å². The second kappa shape index (κ2) is 11.4. The highest BCUT2D eigenvalue weighted by molar-refractivity contribution is 7.23. The minimum Gasteiger partial charge on any atom is -0.309 e. The van der Waals surface area contributed by atoms with Crippen LogP contribution in [-0.4, -0.2) is 17.2 Å². The van der Waals surface area contributed by atoms with Crippen molar-refractivity contribution in [3.8, 4) is 32.9 Å². The molecule has 0 aliphatic heterocycles. The Morgan fingerprint density at radius 2 is 1.10 bits per heavy atom. The summed E-state index contributed by atoms with van der Waals surface area (Å²) in [5.41, 5.74) is 11.1. The first kappa shape index (κ1) is 30.2. The summed E-state index contributed by atoms with van der Waals surface area (Å²) in [5.74, 6) is 0. The average molecular weight is 689 g/mol. The number of aromatic nitrogens is 2. The van der Waals surface area contributed by atoms with Gasteiger partial charge in [0.15, 0.2) is 0 Å². The second-order valence-electron chi connectivity index (χ2n) is 14.6. The summed E-state index contributed by atoms with van der Waals surface area (Å²) in [6, 6.07) is 60.6. The number of rotatable bonds is 5. The summed E-state index contributed by atoms with van der Waals surface area (Å²) in [7, 11) is -1.59. The third kappa shape index (κ3) is 4.67. The van der Waals surface area contributed by atoms with Crippen LogP contribution in [0.5, 0.6) is 0 Å². The molecule has 0 amide bonds. The third-order valence-electron chi connectivity index (χ3n) is 10.5. The van der Waals surface area contributed by atoms with Gasteiger partial charge < -0.3 is 9.13 Å². The van der Waals surface area contributed by atoms with Crippen molar-refractivity contribution in [2.45, 2.75) is 19.6 Å². The standard InChI is InChI=1S/C47H36N2SSi/c1-51(2,3)35-25-27-41-39(30-35)45-42(48(41)33-18-8-5-9-19-33)28-26-37-36-21-10-12-23-40(36)49(46(37)45)34-20-14-17-32(29-34)44-38-22-11-13-24-43(38)50-47(44)31-15-6-4-7-16-31/h4-30H,1-3H3. The van der Waals surface area contributed by atoms with Gasteiger partial charge in [-0.2, -0.15) is 0 Å². The summed E-state index contributed by atoms with van der Waals surface area (Å²) in [6.45, 7) is 7.33. The van der Waals surface area contributed by atoms with Gasteiger partial charge in [0.1, 0.15) is 0 Å². The molecule has 10 aromatic rings. The Labute approximate surface area is 302 Å². The van der Waals surface area contributed by atoms with E-state index in [1.54, 1.807) is 0 Å². The molecule has 3 heterocycles. The lowest BCUT2D eigenvalue weighted by molar-refractivity contribution is 1.17. The molecule has 0 saturated carbocycles. The van der Waals surface area contributed by atoms with Crippen LogP contribution in [0.3, 0.4) is 0 Å². The smallest absolute Gasteiger partial charge is 0.0776 e. The van der Waals surface area contributed by atoms with E-state index < -0.39 is 8.07 Å². The van der Waals surface area contributed by atoms with E-state index in [1.165, 1.54) is 91.8 Å². The average Bonchev–Trinajstić information content (AvgIpc) is 3.83. The highest BCUT2D eigenvalue weighted by Gasteiger charge is 2.24. The maximum absolute atomic E-state index is 2.53. The highest BCUT2D eigenvalue weighted by Crippen LogP contribution is 2.46. The molecule has 2 nitrogen and oxygen atoms in total. The summed E-state index contributed by atoms with van der Waals surface area (Å²) < 4.78 is 6.30. The Hall–Kier alpha value is -5.68. The number of nitrogens with zero attached hydrogens (tertiary/aromatic N) is 2. The van der Waals surface area contributed by atoms with E-state index in [0.717, 1.165) is 0 Å². The van der Waals surface area contributed by atoms with Gasteiger partial charge in [-0.05, 0) is 59.7 Å². The lowest BCUT2D eigenvalue weighted by atomic mass is 9.98. The topological polar surface area (TPSA) is 9.86 Å². The van der Waals surface area contributed by atoms with Gasteiger partial charge in [0.25, 0.3) is 0 Å². The first-order chi connectivity index (χ1) is 25.0. The van der Waals surface area contributed by atoms with Crippen molar-refractivity contribution in [2.75, 3.05) is 0 Å². The maximum atomic E-state index is 2.53. The number of benzene rings is 7. The number of thiophene rings is 1. The van der Waals surface area contributed by atoms with Crippen molar-refractivity contribution in [1.29, 1.82) is 0 Å². The highest BCUT2D eigenvalue weighted by atomic mass is 32.1. The lowest BCUT2D eigenvalue weighted by Crippen LogP contribution is -2.37. The Morgan fingerprint density at radius 1 is 0.451 bits per heavy atom. The van der Waals surface area contributed by atoms with Crippen LogP contribution in [0.1, 0.15) is 0 Å². The van der Waals surface area contributed by atoms with Crippen LogP contribution in [0.25, 0.3) is 86.6 Å². The number of fused-ring (bicyclic) bond motifs is 8. The van der Waals surface area contributed by atoms with Gasteiger partial charge in [0, 0.05) is 53.4 Å². The molecule has 4 heteroatoms. The van der Waals surface area contributed by atoms with Crippen LogP contribution in [0, 0.1) is 0 Å². The van der Waals surface area contributed by atoms with Crippen LogP contribution < -0.4 is 5.19 Å². The van der Waals surface area contributed by atoms with Gasteiger partial charge >= 0.3 is 0 Å². The van der Waals surface area contributed by atoms with Crippen molar-refractivity contribution in [2.24, 2.45) is 0 Å². The Balaban J connectivity index is 1.33. The van der Waals surface area contributed by atoms with Gasteiger partial charge in [0.2, 0.25) is 0 Å². The predicted octanol–water partition coefficient (Wildman–Crippen LogP) is 13.0. The molecule has 7 aromatic carbocycles. The summed E-state index contributed by atoms with van der Waals surface area (Å²) in [6.07, 6.45) is 0. The molecule has 3 aromatic heterocycles. The third-order valence-corrected chi connectivity index (χ3v) is 13.7. The molecule has 0 fully saturated rings. The Bertz CT molecular complexity index is 2940. The Morgan fingerprint density at radius 3 is 1.90 bits per heavy atom. The fourth-order valence-corrected chi connectivity index (χ4v) is 10.5. The maximum Gasteiger partial charge on any atom is 0.0776 e. The van der Waals surface area contributed by atoms with E-state index in [9.17, 15) is 0 Å². The van der Waals surface area contributed by atoms with Crippen LogP contribution >= 0.6 is 11.3 Å². The van der Waals surface area contributed by atoms with Crippen molar-refractivity contribution in [1.82, 2.24) is 9.13 Å². The quantitative estimate of drug-likeness (QED) is 0.159. The summed E-state index contributed by atoms with van der Waals surface area (Å²) in [5, 5.41) is 7.94. The first-order valence-corrected chi connectivity index (χ1v) is 22.0. The minimum absolute atomic E-state index is 1.17. The molecule has 51 heavy (non-hydrogen) atoms. The first-order valence-electron chi connectivity index (χ1n) is 17.7. The lowest BCUT2D eigenvalue weighted by Gasteiger charge is -2.17. The monoisotopic (exact) mass is 688 g/mol. The van der Waals surface area contributed by atoms with Gasteiger partial charge in [-0.1, -0.05) is 140 Å². The van der Waals surface area contributed by atoms with E-state index >= 15 is 0 Å². The molecule has 0 unspecified atom stereocenters. The van der Waals surface area contributed by atoms with Gasteiger partial charge in [-0.3, -0.25) is 0 Å².